The lowest BCUT2D eigenvalue weighted by Crippen LogP contribution is -2.69. The van der Waals surface area contributed by atoms with Gasteiger partial charge < -0.3 is 43.4 Å². The Morgan fingerprint density at radius 1 is 1.16 bits per heavy atom. The maximum Gasteiger partial charge on any atom is 0.416 e. The number of phenolic OH excluding ortho intramolecular Hbond substituents is 1. The molecule has 2 bridgehead atoms. The first-order valence-corrected chi connectivity index (χ1v) is 12.2. The second kappa shape index (κ2) is 6.90. The summed E-state index contributed by atoms with van der Waals surface area (Å²) in [4.78, 5) is 12.9. The van der Waals surface area contributed by atoms with E-state index < -0.39 is 64.5 Å². The molecule has 0 saturated carbocycles. The molecule has 5 heterocycles. The van der Waals surface area contributed by atoms with Gasteiger partial charge in [0.25, 0.3) is 11.6 Å². The molecule has 5 atom stereocenters. The van der Waals surface area contributed by atoms with E-state index in [2.05, 4.69) is 0 Å². The Balaban J connectivity index is 1.45. The van der Waals surface area contributed by atoms with Gasteiger partial charge in [-0.25, -0.2) is 0 Å². The third kappa shape index (κ3) is 2.40. The molecule has 13 heteroatoms. The number of rotatable bonds is 2. The van der Waals surface area contributed by atoms with Crippen molar-refractivity contribution >= 4 is 16.6 Å². The smallest absolute Gasteiger partial charge is 0.416 e. The van der Waals surface area contributed by atoms with E-state index in [1.807, 2.05) is 0 Å². The molecule has 0 radical (unpaired) electrons. The average Bonchev–Trinajstić information content (AvgIpc) is 3.23. The van der Waals surface area contributed by atoms with E-state index >= 15 is 0 Å². The van der Waals surface area contributed by atoms with Gasteiger partial charge in [-0.15, -0.1) is 0 Å². The zero-order valence-electron chi connectivity index (χ0n) is 19.8. The molecule has 1 spiro atoms. The van der Waals surface area contributed by atoms with Gasteiger partial charge in [-0.1, -0.05) is 0 Å². The molecule has 1 aliphatic carbocycles. The number of carbonyl (C=O) groups excluding carboxylic acids is 1. The van der Waals surface area contributed by atoms with Crippen LogP contribution < -0.4 is 9.47 Å². The molecule has 10 nitrogen and oxygen atoms in total. The minimum Gasteiger partial charge on any atom is -0.506 e. The fourth-order valence-corrected chi connectivity index (χ4v) is 6.93. The highest BCUT2D eigenvalue weighted by Gasteiger charge is 2.93. The summed E-state index contributed by atoms with van der Waals surface area (Å²) in [5.74, 6) is -5.54. The van der Waals surface area contributed by atoms with Crippen LogP contribution in [0.15, 0.2) is 6.07 Å². The number of Topliss-reactive ketones (excluding diaryl/α,β-unsaturated/α-hetero) is 1. The highest BCUT2D eigenvalue weighted by molar-refractivity contribution is 6.11. The Labute approximate surface area is 212 Å². The Kier molecular flexibility index (Phi) is 4.22. The number of aromatic hydroxyl groups is 1. The summed E-state index contributed by atoms with van der Waals surface area (Å²) in [5, 5.41) is 23.0. The standard InChI is InChI=1S/C25H21F3O10/c1-32-17-9-3-2-4-12(29)13(9)16(30)14-10(17)7-11(25(26,27)28)15-18(14)36-23(31)20-19(15)37-24(38-20,22(23)8-35-22)21-33-5-6-34-21/h7,19-21,30-31H,2-6,8H2,1H3/t19?,20?,22-,23+,24?/m0/s1. The lowest BCUT2D eigenvalue weighted by Gasteiger charge is -2.47. The Bertz CT molecular complexity index is 1450. The topological polar surface area (TPSA) is 125 Å². The lowest BCUT2D eigenvalue weighted by atomic mass is 9.78. The number of hydrogen-bond donors (Lipinski definition) is 2. The first-order chi connectivity index (χ1) is 18.1. The van der Waals surface area contributed by atoms with Gasteiger partial charge in [0.2, 0.25) is 11.9 Å². The highest BCUT2D eigenvalue weighted by Crippen LogP contribution is 2.71. The predicted molar refractivity (Wildman–Crippen MR) is 116 cm³/mol. The zero-order chi connectivity index (χ0) is 26.4. The molecule has 0 aromatic heterocycles. The first kappa shape index (κ1) is 23.2. The van der Waals surface area contributed by atoms with Gasteiger partial charge in [0.05, 0.1) is 43.4 Å². The van der Waals surface area contributed by atoms with Crippen LogP contribution in [0.2, 0.25) is 0 Å². The third-order valence-corrected chi connectivity index (χ3v) is 8.55. The first-order valence-electron chi connectivity index (χ1n) is 12.2. The number of ether oxygens (including phenoxy) is 7. The molecule has 5 aliphatic heterocycles. The van der Waals surface area contributed by atoms with E-state index in [1.54, 1.807) is 0 Å². The lowest BCUT2D eigenvalue weighted by molar-refractivity contribution is -0.332. The normalized spacial score (nSPS) is 37.0. The number of aliphatic hydroxyl groups is 1. The van der Waals surface area contributed by atoms with Crippen LogP contribution in [0, 0.1) is 0 Å². The summed E-state index contributed by atoms with van der Waals surface area (Å²) in [7, 11) is 1.28. The number of fused-ring (bicyclic) bond motifs is 8. The van der Waals surface area contributed by atoms with Crippen LogP contribution in [0.4, 0.5) is 13.2 Å². The van der Waals surface area contributed by atoms with Crippen molar-refractivity contribution in [3.8, 4) is 17.2 Å². The van der Waals surface area contributed by atoms with Crippen LogP contribution in [-0.2, 0) is 36.3 Å². The predicted octanol–water partition coefficient (Wildman–Crippen LogP) is 2.48. The number of methoxy groups -OCH3 is 1. The monoisotopic (exact) mass is 538 g/mol. The van der Waals surface area contributed by atoms with Crippen molar-refractivity contribution < 1.29 is 61.3 Å². The van der Waals surface area contributed by atoms with Crippen molar-refractivity contribution in [3.63, 3.8) is 0 Å². The average molecular weight is 538 g/mol. The molecule has 8 rings (SSSR count). The van der Waals surface area contributed by atoms with Crippen LogP contribution in [0.25, 0.3) is 10.8 Å². The molecule has 2 N–H and O–H groups in total. The second-order valence-corrected chi connectivity index (χ2v) is 10.3. The van der Waals surface area contributed by atoms with Crippen molar-refractivity contribution in [2.45, 2.75) is 61.1 Å². The summed E-state index contributed by atoms with van der Waals surface area (Å²) in [5.41, 5.74) is -2.95. The van der Waals surface area contributed by atoms with Crippen LogP contribution in [0.5, 0.6) is 17.2 Å². The van der Waals surface area contributed by atoms with E-state index in [-0.39, 0.29) is 54.1 Å². The van der Waals surface area contributed by atoms with Crippen molar-refractivity contribution in [1.29, 1.82) is 0 Å². The summed E-state index contributed by atoms with van der Waals surface area (Å²) in [6.45, 7) is 0.267. The molecular weight excluding hydrogens is 517 g/mol. The molecule has 2 aromatic rings. The number of hydrogen-bond acceptors (Lipinski definition) is 10. The van der Waals surface area contributed by atoms with Crippen LogP contribution in [0.1, 0.15) is 46.0 Å². The van der Waals surface area contributed by atoms with Crippen molar-refractivity contribution in [2.24, 2.45) is 0 Å². The Hall–Kier alpha value is -2.68. The Morgan fingerprint density at radius 3 is 2.55 bits per heavy atom. The van der Waals surface area contributed by atoms with Crippen LogP contribution >= 0.6 is 0 Å². The van der Waals surface area contributed by atoms with Crippen molar-refractivity contribution in [3.05, 3.63) is 28.3 Å². The maximum atomic E-state index is 14.6. The molecular formula is C25H21F3O10. The highest BCUT2D eigenvalue weighted by atomic mass is 19.4. The van der Waals surface area contributed by atoms with Gasteiger partial charge in [0, 0.05) is 22.9 Å². The Morgan fingerprint density at radius 2 is 1.89 bits per heavy atom. The third-order valence-electron chi connectivity index (χ3n) is 8.55. The van der Waals surface area contributed by atoms with Gasteiger partial charge in [-0.2, -0.15) is 13.2 Å². The zero-order valence-corrected chi connectivity index (χ0v) is 19.8. The van der Waals surface area contributed by atoms with Crippen LogP contribution in [-0.4, -0.2) is 72.5 Å². The molecule has 4 saturated heterocycles. The number of benzene rings is 2. The number of carbonyl (C=O) groups is 1. The fourth-order valence-electron chi connectivity index (χ4n) is 6.93. The minimum absolute atomic E-state index is 0.0306. The molecule has 38 heavy (non-hydrogen) atoms. The van der Waals surface area contributed by atoms with Crippen LogP contribution in [0.3, 0.4) is 0 Å². The van der Waals surface area contributed by atoms with Crippen molar-refractivity contribution in [1.82, 2.24) is 0 Å². The van der Waals surface area contributed by atoms with E-state index in [1.165, 1.54) is 7.11 Å². The van der Waals surface area contributed by atoms with Gasteiger partial charge in [-0.3, -0.25) is 4.79 Å². The van der Waals surface area contributed by atoms with E-state index in [0.29, 0.717) is 18.4 Å². The molecule has 0 amide bonds. The second-order valence-electron chi connectivity index (χ2n) is 10.3. The van der Waals surface area contributed by atoms with Gasteiger partial charge >= 0.3 is 6.18 Å². The van der Waals surface area contributed by atoms with E-state index in [0.717, 1.165) is 6.07 Å². The van der Waals surface area contributed by atoms with Gasteiger partial charge in [-0.05, 0) is 18.9 Å². The number of halogens is 3. The number of ketones is 1. The van der Waals surface area contributed by atoms with Gasteiger partial charge in [0.15, 0.2) is 11.9 Å². The molecule has 4 fully saturated rings. The summed E-state index contributed by atoms with van der Waals surface area (Å²) >= 11 is 0. The number of phenols is 1. The number of epoxide rings is 1. The maximum absolute atomic E-state index is 14.6. The SMILES string of the molecule is COc1c2c(c(O)c3c4c(c(C(F)(F)F)cc13)C1OC3(C5OCCO5)OC1[C@@](O)(O4)[C@@]31CO1)C(=O)CCC2. The summed E-state index contributed by atoms with van der Waals surface area (Å²) in [6.07, 6.45) is -8.02. The fraction of sp³-hybridized carbons (Fsp3) is 0.560. The molecule has 202 valence electrons. The molecule has 6 aliphatic rings. The number of alkyl halides is 3. The largest absolute Gasteiger partial charge is 0.506 e. The summed E-state index contributed by atoms with van der Waals surface area (Å²) < 4.78 is 84.4. The quantitative estimate of drug-likeness (QED) is 0.551. The molecule has 2 aromatic carbocycles. The van der Waals surface area contributed by atoms with Gasteiger partial charge in [0.1, 0.15) is 23.4 Å². The van der Waals surface area contributed by atoms with E-state index in [4.69, 9.17) is 33.2 Å². The minimum atomic E-state index is -4.89. The molecule has 3 unspecified atom stereocenters. The van der Waals surface area contributed by atoms with Crippen molar-refractivity contribution in [2.75, 3.05) is 26.9 Å². The van der Waals surface area contributed by atoms with E-state index in [9.17, 15) is 28.2 Å². The summed E-state index contributed by atoms with van der Waals surface area (Å²) in [6, 6.07) is 0.855.